The third kappa shape index (κ3) is 2.76. The highest BCUT2D eigenvalue weighted by Crippen LogP contribution is 2.17. The third-order valence-corrected chi connectivity index (χ3v) is 2.61. The van der Waals surface area contributed by atoms with E-state index in [1.807, 2.05) is 0 Å². The van der Waals surface area contributed by atoms with Gasteiger partial charge in [-0.3, -0.25) is 4.79 Å². The number of hydrogen-bond acceptors (Lipinski definition) is 1. The highest BCUT2D eigenvalue weighted by molar-refractivity contribution is 6.04. The topological polar surface area (TPSA) is 29.1 Å². The first kappa shape index (κ1) is 13.1. The molecule has 0 fully saturated rings. The highest BCUT2D eigenvalue weighted by atomic mass is 19.1. The van der Waals surface area contributed by atoms with E-state index in [9.17, 15) is 18.0 Å². The molecule has 1 N–H and O–H groups in total. The van der Waals surface area contributed by atoms with Crippen LogP contribution in [0, 0.1) is 24.4 Å². The van der Waals surface area contributed by atoms with Crippen molar-refractivity contribution in [2.45, 2.75) is 6.92 Å². The van der Waals surface area contributed by atoms with Gasteiger partial charge in [0.2, 0.25) is 0 Å². The average molecular weight is 265 g/mol. The first-order chi connectivity index (χ1) is 8.99. The fourth-order valence-electron chi connectivity index (χ4n) is 1.63. The molecule has 0 bridgehead atoms. The molecule has 2 aromatic carbocycles. The molecule has 0 aliphatic rings. The van der Waals surface area contributed by atoms with Crippen LogP contribution in [0.2, 0.25) is 0 Å². The summed E-state index contributed by atoms with van der Waals surface area (Å²) in [5, 5.41) is 2.32. The summed E-state index contributed by atoms with van der Waals surface area (Å²) >= 11 is 0. The van der Waals surface area contributed by atoms with Gasteiger partial charge in [-0.25, -0.2) is 13.2 Å². The molecule has 0 aliphatic heterocycles. The predicted molar refractivity (Wildman–Crippen MR) is 65.4 cm³/mol. The van der Waals surface area contributed by atoms with E-state index in [2.05, 4.69) is 5.32 Å². The zero-order valence-corrected chi connectivity index (χ0v) is 10.0. The third-order valence-electron chi connectivity index (χ3n) is 2.61. The number of nitrogens with one attached hydrogen (secondary N) is 1. The van der Waals surface area contributed by atoms with Crippen LogP contribution in [0.4, 0.5) is 18.9 Å². The first-order valence-corrected chi connectivity index (χ1v) is 5.50. The summed E-state index contributed by atoms with van der Waals surface area (Å²) in [7, 11) is 0. The lowest BCUT2D eigenvalue weighted by molar-refractivity contribution is 0.101. The van der Waals surface area contributed by atoms with E-state index in [0.29, 0.717) is 5.56 Å². The minimum absolute atomic E-state index is 0.270. The van der Waals surface area contributed by atoms with E-state index in [1.54, 1.807) is 0 Å². The summed E-state index contributed by atoms with van der Waals surface area (Å²) in [6, 6.07) is 7.03. The molecule has 1 amide bonds. The van der Waals surface area contributed by atoms with E-state index in [1.165, 1.54) is 31.2 Å². The van der Waals surface area contributed by atoms with Crippen molar-refractivity contribution in [2.24, 2.45) is 0 Å². The summed E-state index contributed by atoms with van der Waals surface area (Å²) in [4.78, 5) is 11.8. The maximum atomic E-state index is 13.4. The predicted octanol–water partition coefficient (Wildman–Crippen LogP) is 3.66. The summed E-state index contributed by atoms with van der Waals surface area (Å²) in [6.07, 6.45) is 0. The Morgan fingerprint density at radius 2 is 1.63 bits per heavy atom. The number of anilines is 1. The van der Waals surface area contributed by atoms with Crippen molar-refractivity contribution in [3.05, 3.63) is 65.0 Å². The summed E-state index contributed by atoms with van der Waals surface area (Å²) in [6.45, 7) is 1.52. The molecule has 2 rings (SSSR count). The average Bonchev–Trinajstić information content (AvgIpc) is 2.33. The number of carbonyl (C=O) groups excluding carboxylic acids is 1. The maximum Gasteiger partial charge on any atom is 0.261 e. The normalized spacial score (nSPS) is 10.3. The van der Waals surface area contributed by atoms with Gasteiger partial charge in [-0.15, -0.1) is 0 Å². The number of halogens is 3. The SMILES string of the molecule is Cc1cc(NC(=O)c2c(F)cccc2F)ccc1F. The van der Waals surface area contributed by atoms with E-state index in [4.69, 9.17) is 0 Å². The molecule has 2 aromatic rings. The molecule has 0 radical (unpaired) electrons. The number of amides is 1. The second-order valence-corrected chi connectivity index (χ2v) is 4.01. The van der Waals surface area contributed by atoms with Gasteiger partial charge < -0.3 is 5.32 Å². The molecule has 0 heterocycles. The second kappa shape index (κ2) is 5.14. The molecule has 98 valence electrons. The summed E-state index contributed by atoms with van der Waals surface area (Å²) in [5.41, 5.74) is -0.0668. The summed E-state index contributed by atoms with van der Waals surface area (Å²) < 4.78 is 39.8. The monoisotopic (exact) mass is 265 g/mol. The van der Waals surface area contributed by atoms with Crippen LogP contribution in [0.25, 0.3) is 0 Å². The van der Waals surface area contributed by atoms with Crippen molar-refractivity contribution in [3.8, 4) is 0 Å². The quantitative estimate of drug-likeness (QED) is 0.882. The molecule has 0 unspecified atom stereocenters. The molecule has 0 saturated carbocycles. The van der Waals surface area contributed by atoms with Crippen LogP contribution in [0.5, 0.6) is 0 Å². The molecule has 0 spiro atoms. The van der Waals surface area contributed by atoms with Crippen LogP contribution in [0.15, 0.2) is 36.4 Å². The smallest absolute Gasteiger partial charge is 0.261 e. The van der Waals surface area contributed by atoms with Crippen molar-refractivity contribution in [2.75, 3.05) is 5.32 Å². The lowest BCUT2D eigenvalue weighted by Crippen LogP contribution is -2.15. The molecular formula is C14H10F3NO. The van der Waals surface area contributed by atoms with Gasteiger partial charge in [0.15, 0.2) is 0 Å². The van der Waals surface area contributed by atoms with Gasteiger partial charge in [0.1, 0.15) is 23.0 Å². The van der Waals surface area contributed by atoms with Gasteiger partial charge in [0, 0.05) is 5.69 Å². The molecule has 5 heteroatoms. The van der Waals surface area contributed by atoms with Gasteiger partial charge >= 0.3 is 0 Å². The Morgan fingerprint density at radius 3 is 2.21 bits per heavy atom. The zero-order chi connectivity index (χ0) is 14.0. The Bertz CT molecular complexity index is 620. The molecule has 0 saturated heterocycles. The van der Waals surface area contributed by atoms with Crippen LogP contribution in [0.1, 0.15) is 15.9 Å². The maximum absolute atomic E-state index is 13.4. The standard InChI is InChI=1S/C14H10F3NO/c1-8-7-9(5-6-10(8)15)18-14(19)13-11(16)3-2-4-12(13)17/h2-7H,1H3,(H,18,19). The number of benzene rings is 2. The Balaban J connectivity index is 2.28. The Labute approximate surface area is 107 Å². The van der Waals surface area contributed by atoms with Crippen LogP contribution >= 0.6 is 0 Å². The van der Waals surface area contributed by atoms with E-state index in [0.717, 1.165) is 12.1 Å². The van der Waals surface area contributed by atoms with Crippen molar-refractivity contribution in [1.82, 2.24) is 0 Å². The van der Waals surface area contributed by atoms with Crippen LogP contribution < -0.4 is 5.32 Å². The van der Waals surface area contributed by atoms with Gasteiger partial charge in [0.05, 0.1) is 0 Å². The lowest BCUT2D eigenvalue weighted by atomic mass is 10.1. The minimum Gasteiger partial charge on any atom is -0.322 e. The zero-order valence-electron chi connectivity index (χ0n) is 10.0. The van der Waals surface area contributed by atoms with Gasteiger partial charge in [0.25, 0.3) is 5.91 Å². The van der Waals surface area contributed by atoms with Gasteiger partial charge in [-0.2, -0.15) is 0 Å². The Kier molecular flexibility index (Phi) is 3.55. The first-order valence-electron chi connectivity index (χ1n) is 5.50. The summed E-state index contributed by atoms with van der Waals surface area (Å²) in [5.74, 6) is -3.23. The van der Waals surface area contributed by atoms with Gasteiger partial charge in [-0.05, 0) is 42.8 Å². The van der Waals surface area contributed by atoms with E-state index in [-0.39, 0.29) is 5.69 Å². The van der Waals surface area contributed by atoms with Crippen molar-refractivity contribution in [1.29, 1.82) is 0 Å². The van der Waals surface area contributed by atoms with Crippen LogP contribution in [0.3, 0.4) is 0 Å². The molecule has 0 aliphatic carbocycles. The largest absolute Gasteiger partial charge is 0.322 e. The molecule has 19 heavy (non-hydrogen) atoms. The lowest BCUT2D eigenvalue weighted by Gasteiger charge is -2.08. The Morgan fingerprint density at radius 1 is 1.00 bits per heavy atom. The molecule has 2 nitrogen and oxygen atoms in total. The minimum atomic E-state index is -0.948. The molecule has 0 aromatic heterocycles. The molecule has 0 atom stereocenters. The second-order valence-electron chi connectivity index (χ2n) is 4.01. The highest BCUT2D eigenvalue weighted by Gasteiger charge is 2.17. The van der Waals surface area contributed by atoms with Crippen molar-refractivity contribution < 1.29 is 18.0 Å². The fourth-order valence-corrected chi connectivity index (χ4v) is 1.63. The van der Waals surface area contributed by atoms with E-state index >= 15 is 0 Å². The van der Waals surface area contributed by atoms with Gasteiger partial charge in [-0.1, -0.05) is 6.07 Å². The number of rotatable bonds is 2. The van der Waals surface area contributed by atoms with Crippen LogP contribution in [-0.4, -0.2) is 5.91 Å². The van der Waals surface area contributed by atoms with E-state index < -0.39 is 28.9 Å². The number of hydrogen-bond donors (Lipinski definition) is 1. The van der Waals surface area contributed by atoms with Crippen LogP contribution in [-0.2, 0) is 0 Å². The number of aryl methyl sites for hydroxylation is 1. The Hall–Kier alpha value is -2.30. The van der Waals surface area contributed by atoms with Crippen molar-refractivity contribution >= 4 is 11.6 Å². The fraction of sp³-hybridized carbons (Fsp3) is 0.0714. The number of carbonyl (C=O) groups is 1. The molecular weight excluding hydrogens is 255 g/mol. The van der Waals surface area contributed by atoms with Crippen molar-refractivity contribution in [3.63, 3.8) is 0 Å².